The van der Waals surface area contributed by atoms with Gasteiger partial charge in [0.05, 0.1) is 23.1 Å². The molecule has 204 valence electrons. The summed E-state index contributed by atoms with van der Waals surface area (Å²) < 4.78 is 61.9. The lowest BCUT2D eigenvalue weighted by atomic mass is 10.0. The average Bonchev–Trinajstić information content (AvgIpc) is 3.50. The van der Waals surface area contributed by atoms with Crippen molar-refractivity contribution in [2.24, 2.45) is 7.05 Å². The Balaban J connectivity index is 1.50. The van der Waals surface area contributed by atoms with Crippen LogP contribution in [0.2, 0.25) is 0 Å². The van der Waals surface area contributed by atoms with Crippen molar-refractivity contribution in [1.29, 1.82) is 0 Å². The highest BCUT2D eigenvalue weighted by Crippen LogP contribution is 2.24. The molecule has 0 bridgehead atoms. The number of furan rings is 1. The maximum atomic E-state index is 14.7. The summed E-state index contributed by atoms with van der Waals surface area (Å²) in [5.41, 5.74) is 0.376. The molecule has 4 N–H and O–H groups in total. The van der Waals surface area contributed by atoms with Gasteiger partial charge >= 0.3 is 5.97 Å². The normalized spacial score (nSPS) is 12.2. The number of rotatable bonds is 9. The molecule has 2 aromatic heterocycles. The van der Waals surface area contributed by atoms with Gasteiger partial charge in [-0.2, -0.15) is 8.42 Å². The van der Waals surface area contributed by atoms with Crippen LogP contribution in [0.3, 0.4) is 0 Å². The van der Waals surface area contributed by atoms with Crippen molar-refractivity contribution in [2.45, 2.75) is 24.5 Å². The molecule has 4 aromatic rings. The number of carboxylic acid groups (broad SMARTS) is 1. The third-order valence-corrected chi connectivity index (χ3v) is 7.20. The number of sulfonamides is 1. The van der Waals surface area contributed by atoms with Gasteiger partial charge in [-0.05, 0) is 36.2 Å². The van der Waals surface area contributed by atoms with Crippen LogP contribution < -0.4 is 15.6 Å². The quantitative estimate of drug-likeness (QED) is 0.245. The second kappa shape index (κ2) is 10.6. The highest BCUT2D eigenvalue weighted by molar-refractivity contribution is 7.92. The van der Waals surface area contributed by atoms with Crippen LogP contribution in [0.15, 0.2) is 69.1 Å². The minimum absolute atomic E-state index is 0.198. The number of nitrogens with zero attached hydrogens (tertiary/aromatic N) is 1. The number of carboxylic acids is 1. The van der Waals surface area contributed by atoms with E-state index < -0.39 is 55.9 Å². The minimum Gasteiger partial charge on any atom is -0.480 e. The fourth-order valence-electron chi connectivity index (χ4n) is 3.85. The van der Waals surface area contributed by atoms with Gasteiger partial charge in [-0.25, -0.2) is 13.6 Å². The van der Waals surface area contributed by atoms with Crippen molar-refractivity contribution < 1.29 is 36.3 Å². The minimum atomic E-state index is -4.35. The summed E-state index contributed by atoms with van der Waals surface area (Å²) in [6, 6.07) is 8.23. The maximum Gasteiger partial charge on any atom is 0.326 e. The molecule has 4 rings (SSSR count). The number of benzene rings is 2. The van der Waals surface area contributed by atoms with Gasteiger partial charge in [0.25, 0.3) is 21.5 Å². The number of H-pyrrole nitrogens is 1. The van der Waals surface area contributed by atoms with Crippen LogP contribution in [0.25, 0.3) is 11.1 Å². The number of hydrogen-bond donors (Lipinski definition) is 4. The lowest BCUT2D eigenvalue weighted by molar-refractivity contribution is -0.139. The molecule has 0 aliphatic rings. The number of carbonyl (C=O) groups excluding carboxylic acids is 1. The summed E-state index contributed by atoms with van der Waals surface area (Å²) in [5, 5.41) is 13.9. The molecule has 0 spiro atoms. The Labute approximate surface area is 220 Å². The molecule has 0 fully saturated rings. The Morgan fingerprint density at radius 3 is 2.38 bits per heavy atom. The number of hydrogen-bond acceptors (Lipinski definition) is 6. The molecule has 1 atom stereocenters. The summed E-state index contributed by atoms with van der Waals surface area (Å²) in [7, 11) is -2.66. The summed E-state index contributed by atoms with van der Waals surface area (Å²) in [6.45, 7) is 1.76. The number of amides is 1. The first-order valence-corrected chi connectivity index (χ1v) is 12.8. The lowest BCUT2D eigenvalue weighted by Crippen LogP contribution is -2.42. The molecule has 0 aliphatic carbocycles. The molecule has 1 amide bonds. The van der Waals surface area contributed by atoms with E-state index in [1.165, 1.54) is 6.07 Å². The standard InChI is InChI=1S/C25H22F2N4O7S/c1-13-22(24(33)29-31(13)2)15-7-5-14(6-8-15)10-20(25(34)35)28-23(32)16-11-18(27)19(12-17(16)26)30-39(36,37)21-4-3-9-38-21/h3-9,11-12,20,30H,10H2,1-2H3,(H,28,32)(H,29,33)(H,34,35)/t20-/m0/s1. The zero-order valence-corrected chi connectivity index (χ0v) is 21.3. The van der Waals surface area contributed by atoms with E-state index in [2.05, 4.69) is 10.4 Å². The van der Waals surface area contributed by atoms with E-state index in [1.807, 2.05) is 4.72 Å². The summed E-state index contributed by atoms with van der Waals surface area (Å²) in [5.74, 6) is -5.21. The van der Waals surface area contributed by atoms with Crippen molar-refractivity contribution in [3.8, 4) is 11.1 Å². The fourth-order valence-corrected chi connectivity index (χ4v) is 4.84. The fraction of sp³-hybridized carbons (Fsp3) is 0.160. The number of aromatic amines is 1. The molecular weight excluding hydrogens is 538 g/mol. The van der Waals surface area contributed by atoms with Crippen LogP contribution in [0.1, 0.15) is 21.6 Å². The van der Waals surface area contributed by atoms with E-state index in [4.69, 9.17) is 4.42 Å². The van der Waals surface area contributed by atoms with Crippen molar-refractivity contribution in [3.63, 3.8) is 0 Å². The Hall–Kier alpha value is -4.72. The highest BCUT2D eigenvalue weighted by atomic mass is 32.2. The topological polar surface area (TPSA) is 164 Å². The van der Waals surface area contributed by atoms with E-state index in [1.54, 1.807) is 42.9 Å². The monoisotopic (exact) mass is 560 g/mol. The van der Waals surface area contributed by atoms with Crippen LogP contribution in [0.5, 0.6) is 0 Å². The molecular formula is C25H22F2N4O7S. The van der Waals surface area contributed by atoms with E-state index in [0.717, 1.165) is 12.3 Å². The van der Waals surface area contributed by atoms with E-state index >= 15 is 0 Å². The number of aromatic nitrogens is 2. The molecule has 0 unspecified atom stereocenters. The van der Waals surface area contributed by atoms with Crippen molar-refractivity contribution in [2.75, 3.05) is 4.72 Å². The summed E-state index contributed by atoms with van der Waals surface area (Å²) in [4.78, 5) is 36.6. The van der Waals surface area contributed by atoms with Crippen LogP contribution in [0, 0.1) is 18.6 Å². The van der Waals surface area contributed by atoms with Gasteiger partial charge < -0.3 is 14.8 Å². The van der Waals surface area contributed by atoms with Crippen molar-refractivity contribution in [1.82, 2.24) is 15.1 Å². The first kappa shape index (κ1) is 27.3. The van der Waals surface area contributed by atoms with Crippen molar-refractivity contribution >= 4 is 27.6 Å². The van der Waals surface area contributed by atoms with Gasteiger partial charge in [-0.3, -0.25) is 24.1 Å². The largest absolute Gasteiger partial charge is 0.480 e. The Bertz CT molecular complexity index is 1710. The predicted octanol–water partition coefficient (Wildman–Crippen LogP) is 2.79. The smallest absolute Gasteiger partial charge is 0.326 e. The van der Waals surface area contributed by atoms with E-state index in [-0.39, 0.29) is 12.0 Å². The van der Waals surface area contributed by atoms with E-state index in [0.29, 0.717) is 34.5 Å². The first-order chi connectivity index (χ1) is 18.4. The lowest BCUT2D eigenvalue weighted by Gasteiger charge is -2.16. The van der Waals surface area contributed by atoms with Crippen LogP contribution in [0.4, 0.5) is 14.5 Å². The second-order valence-corrected chi connectivity index (χ2v) is 10.2. The van der Waals surface area contributed by atoms with Gasteiger partial charge in [0.2, 0.25) is 5.09 Å². The van der Waals surface area contributed by atoms with Gasteiger partial charge in [-0.15, -0.1) is 0 Å². The molecule has 0 aliphatic heterocycles. The van der Waals surface area contributed by atoms with Gasteiger partial charge in [-0.1, -0.05) is 24.3 Å². The number of aryl methyl sites for hydroxylation is 1. The van der Waals surface area contributed by atoms with Gasteiger partial charge in [0.1, 0.15) is 17.7 Å². The maximum absolute atomic E-state index is 14.7. The number of anilines is 1. The second-order valence-electron chi connectivity index (χ2n) is 8.58. The number of carbonyl (C=O) groups is 2. The van der Waals surface area contributed by atoms with Crippen LogP contribution in [-0.4, -0.2) is 41.2 Å². The van der Waals surface area contributed by atoms with E-state index in [9.17, 15) is 36.7 Å². The molecule has 2 aromatic carbocycles. The molecule has 0 saturated carbocycles. The Morgan fingerprint density at radius 2 is 1.82 bits per heavy atom. The SMILES string of the molecule is Cc1c(-c2ccc(C[C@H](NC(=O)c3cc(F)c(NS(=O)(=O)c4ccco4)cc3F)C(=O)O)cc2)c(=O)[nH]n1C. The zero-order chi connectivity index (χ0) is 28.5. The third-order valence-electron chi connectivity index (χ3n) is 5.95. The molecule has 14 heteroatoms. The molecule has 0 saturated heterocycles. The van der Waals surface area contributed by atoms with Crippen molar-refractivity contribution in [3.05, 3.63) is 93.6 Å². The predicted molar refractivity (Wildman–Crippen MR) is 135 cm³/mol. The average molecular weight is 561 g/mol. The number of aliphatic carboxylic acids is 1. The first-order valence-electron chi connectivity index (χ1n) is 11.3. The third kappa shape index (κ3) is 5.75. The van der Waals surface area contributed by atoms with Crippen LogP contribution >= 0.6 is 0 Å². The molecule has 2 heterocycles. The van der Waals surface area contributed by atoms with Gasteiger partial charge in [0, 0.05) is 25.2 Å². The number of halogens is 2. The van der Waals surface area contributed by atoms with Gasteiger partial charge in [0.15, 0.2) is 0 Å². The molecule has 11 nitrogen and oxygen atoms in total. The Kier molecular flexibility index (Phi) is 7.40. The molecule has 0 radical (unpaired) electrons. The van der Waals surface area contributed by atoms with Crippen LogP contribution in [-0.2, 0) is 28.3 Å². The summed E-state index contributed by atoms with van der Waals surface area (Å²) in [6.07, 6.45) is 0.883. The number of nitrogens with one attached hydrogen (secondary N) is 3. The molecule has 39 heavy (non-hydrogen) atoms. The highest BCUT2D eigenvalue weighted by Gasteiger charge is 2.26. The zero-order valence-electron chi connectivity index (χ0n) is 20.5. The Morgan fingerprint density at radius 1 is 1.13 bits per heavy atom. The summed E-state index contributed by atoms with van der Waals surface area (Å²) >= 11 is 0.